The van der Waals surface area contributed by atoms with Gasteiger partial charge in [0.25, 0.3) is 0 Å². The third kappa shape index (κ3) is 3.13. The van der Waals surface area contributed by atoms with E-state index in [1.54, 1.807) is 0 Å². The lowest BCUT2D eigenvalue weighted by atomic mass is 9.84. The van der Waals surface area contributed by atoms with Crippen LogP contribution < -0.4 is 4.90 Å². The molecule has 0 radical (unpaired) electrons. The molecule has 2 heteroatoms. The topological polar surface area (TPSA) is 15.6 Å². The average Bonchev–Trinajstić information content (AvgIpc) is 2.75. The van der Waals surface area contributed by atoms with Gasteiger partial charge >= 0.3 is 0 Å². The normalized spacial score (nSPS) is 18.2. The van der Waals surface area contributed by atoms with E-state index >= 15 is 0 Å². The third-order valence-corrected chi connectivity index (χ3v) is 5.10. The lowest BCUT2D eigenvalue weighted by Crippen LogP contribution is -2.23. The summed E-state index contributed by atoms with van der Waals surface area (Å²) >= 11 is 0. The van der Waals surface area contributed by atoms with Crippen LogP contribution in [0.3, 0.4) is 0 Å². The summed E-state index contributed by atoms with van der Waals surface area (Å²) in [6.07, 6.45) is 4.10. The molecule has 1 aliphatic rings. The van der Waals surface area contributed by atoms with Gasteiger partial charge in [-0.3, -0.25) is 4.99 Å². The summed E-state index contributed by atoms with van der Waals surface area (Å²) in [5, 5.41) is 0. The van der Waals surface area contributed by atoms with Gasteiger partial charge in [0.1, 0.15) is 0 Å². The molecule has 1 aliphatic heterocycles. The Morgan fingerprint density at radius 1 is 0.960 bits per heavy atom. The van der Waals surface area contributed by atoms with Crippen molar-refractivity contribution in [1.29, 1.82) is 0 Å². The van der Waals surface area contributed by atoms with Crippen molar-refractivity contribution in [1.82, 2.24) is 0 Å². The van der Waals surface area contributed by atoms with E-state index in [0.29, 0.717) is 0 Å². The number of hydrogen-bond donors (Lipinski definition) is 0. The molecular weight excluding hydrogens is 304 g/mol. The second-order valence-electron chi connectivity index (χ2n) is 8.30. The van der Waals surface area contributed by atoms with Gasteiger partial charge in [-0.15, -0.1) is 0 Å². The molecule has 0 atom stereocenters. The minimum absolute atomic E-state index is 0.0130. The fraction of sp³-hybridized carbons (Fsp3) is 0.348. The minimum atomic E-state index is -0.0130. The number of allylic oxidation sites excluding steroid dienone is 2. The summed E-state index contributed by atoms with van der Waals surface area (Å²) in [4.78, 5) is 7.05. The van der Waals surface area contributed by atoms with E-state index in [0.717, 1.165) is 5.69 Å². The highest BCUT2D eigenvalue weighted by Crippen LogP contribution is 2.46. The Hall–Kier alpha value is -2.35. The van der Waals surface area contributed by atoms with Crippen LogP contribution >= 0.6 is 0 Å². The van der Waals surface area contributed by atoms with E-state index < -0.39 is 0 Å². The fourth-order valence-corrected chi connectivity index (χ4v) is 3.71. The minimum Gasteiger partial charge on any atom is -0.347 e. The first kappa shape index (κ1) is 17.5. The Morgan fingerprint density at radius 3 is 2.28 bits per heavy atom. The van der Waals surface area contributed by atoms with Gasteiger partial charge in [0, 0.05) is 30.1 Å². The van der Waals surface area contributed by atoms with Crippen LogP contribution in [-0.4, -0.2) is 13.3 Å². The predicted molar refractivity (Wildman–Crippen MR) is 109 cm³/mol. The van der Waals surface area contributed by atoms with Gasteiger partial charge < -0.3 is 4.90 Å². The zero-order chi connectivity index (χ0) is 18.2. The molecule has 25 heavy (non-hydrogen) atoms. The van der Waals surface area contributed by atoms with E-state index in [-0.39, 0.29) is 10.8 Å². The summed E-state index contributed by atoms with van der Waals surface area (Å²) in [5.74, 6) is 0. The van der Waals surface area contributed by atoms with Crippen molar-refractivity contribution in [2.75, 3.05) is 11.9 Å². The van der Waals surface area contributed by atoms with Crippen molar-refractivity contribution in [2.45, 2.75) is 45.4 Å². The van der Waals surface area contributed by atoms with Crippen molar-refractivity contribution < 1.29 is 0 Å². The first-order valence-electron chi connectivity index (χ1n) is 8.90. The Labute approximate surface area is 151 Å². The second-order valence-corrected chi connectivity index (χ2v) is 8.30. The largest absolute Gasteiger partial charge is 0.347 e. The summed E-state index contributed by atoms with van der Waals surface area (Å²) in [6.45, 7) is 11.2. The Bertz CT molecular complexity index is 835. The third-order valence-electron chi connectivity index (χ3n) is 5.10. The van der Waals surface area contributed by atoms with Crippen LogP contribution in [0.25, 0.3) is 0 Å². The van der Waals surface area contributed by atoms with Gasteiger partial charge in [-0.25, -0.2) is 0 Å². The van der Waals surface area contributed by atoms with Crippen LogP contribution in [-0.2, 0) is 10.8 Å². The SMILES string of the molecule is CN1C(=CC=Nc2ccccc2C(C)(C)C)C(C)(C)c2ccccc21. The van der Waals surface area contributed by atoms with Crippen LogP contribution in [0.1, 0.15) is 45.7 Å². The fourth-order valence-electron chi connectivity index (χ4n) is 3.71. The van der Waals surface area contributed by atoms with Crippen LogP contribution in [0.4, 0.5) is 11.4 Å². The highest BCUT2D eigenvalue weighted by atomic mass is 15.2. The van der Waals surface area contributed by atoms with Crippen molar-refractivity contribution in [3.8, 4) is 0 Å². The Morgan fingerprint density at radius 2 is 1.60 bits per heavy atom. The first-order chi connectivity index (χ1) is 11.7. The van der Waals surface area contributed by atoms with Gasteiger partial charge in [0.15, 0.2) is 0 Å². The molecule has 1 heterocycles. The molecule has 130 valence electrons. The van der Waals surface area contributed by atoms with Crippen molar-refractivity contribution >= 4 is 17.6 Å². The average molecular weight is 332 g/mol. The van der Waals surface area contributed by atoms with Crippen LogP contribution in [0, 0.1) is 0 Å². The Kier molecular flexibility index (Phi) is 4.32. The van der Waals surface area contributed by atoms with Crippen LogP contribution in [0.2, 0.25) is 0 Å². The van der Waals surface area contributed by atoms with E-state index in [2.05, 4.69) is 101 Å². The molecule has 0 fully saturated rings. The van der Waals surface area contributed by atoms with Crippen LogP contribution in [0.5, 0.6) is 0 Å². The monoisotopic (exact) mass is 332 g/mol. The molecule has 0 amide bonds. The van der Waals surface area contributed by atoms with E-state index in [4.69, 9.17) is 4.99 Å². The van der Waals surface area contributed by atoms with Crippen molar-refractivity contribution in [3.05, 3.63) is 71.4 Å². The molecular formula is C23H28N2. The summed E-state index contributed by atoms with van der Waals surface area (Å²) in [7, 11) is 2.14. The molecule has 0 aromatic heterocycles. The summed E-state index contributed by atoms with van der Waals surface area (Å²) in [5.41, 5.74) is 6.30. The van der Waals surface area contributed by atoms with E-state index in [9.17, 15) is 0 Å². The zero-order valence-electron chi connectivity index (χ0n) is 16.2. The molecule has 0 unspecified atom stereocenters. The number of hydrogen-bond acceptors (Lipinski definition) is 2. The number of nitrogens with zero attached hydrogens (tertiary/aromatic N) is 2. The molecule has 0 N–H and O–H groups in total. The molecule has 0 saturated carbocycles. The number of aliphatic imine (C=N–C) groups is 1. The lowest BCUT2D eigenvalue weighted by Gasteiger charge is -2.23. The van der Waals surface area contributed by atoms with Crippen LogP contribution in [0.15, 0.2) is 65.3 Å². The summed E-state index contributed by atoms with van der Waals surface area (Å²) < 4.78 is 0. The van der Waals surface area contributed by atoms with Gasteiger partial charge in [-0.05, 0) is 34.8 Å². The first-order valence-corrected chi connectivity index (χ1v) is 8.90. The number of likely N-dealkylation sites (N-methyl/N-ethyl adjacent to an activating group) is 1. The van der Waals surface area contributed by atoms with Crippen molar-refractivity contribution in [2.24, 2.45) is 4.99 Å². The van der Waals surface area contributed by atoms with E-state index in [1.807, 2.05) is 6.21 Å². The molecule has 0 spiro atoms. The maximum absolute atomic E-state index is 4.77. The number of fused-ring (bicyclic) bond motifs is 1. The highest BCUT2D eigenvalue weighted by Gasteiger charge is 2.37. The zero-order valence-corrected chi connectivity index (χ0v) is 16.2. The molecule has 0 bridgehead atoms. The molecule has 3 rings (SSSR count). The number of rotatable bonds is 2. The van der Waals surface area contributed by atoms with E-state index in [1.165, 1.54) is 22.5 Å². The predicted octanol–water partition coefficient (Wildman–Crippen LogP) is 6.00. The summed E-state index contributed by atoms with van der Waals surface area (Å²) in [6, 6.07) is 17.0. The quantitative estimate of drug-likeness (QED) is 0.616. The molecule has 2 aromatic carbocycles. The Balaban J connectivity index is 1.95. The highest BCUT2D eigenvalue weighted by molar-refractivity contribution is 5.81. The smallest absolute Gasteiger partial charge is 0.0666 e. The van der Waals surface area contributed by atoms with Gasteiger partial charge in [0.2, 0.25) is 0 Å². The van der Waals surface area contributed by atoms with Gasteiger partial charge in [0.05, 0.1) is 5.69 Å². The maximum atomic E-state index is 4.77. The van der Waals surface area contributed by atoms with Crippen molar-refractivity contribution in [3.63, 3.8) is 0 Å². The number of para-hydroxylation sites is 2. The number of anilines is 1. The molecule has 2 nitrogen and oxygen atoms in total. The number of benzene rings is 2. The van der Waals surface area contributed by atoms with Gasteiger partial charge in [-0.2, -0.15) is 0 Å². The molecule has 2 aromatic rings. The van der Waals surface area contributed by atoms with Gasteiger partial charge in [-0.1, -0.05) is 71.0 Å². The lowest BCUT2D eigenvalue weighted by molar-refractivity contribution is 0.591. The standard InChI is InChI=1S/C23H28N2/c1-22(2,3)17-11-7-9-13-19(17)24-16-15-21-23(4,5)18-12-8-10-14-20(18)25(21)6/h7-16H,1-6H3. The maximum Gasteiger partial charge on any atom is 0.0666 e. The second kappa shape index (κ2) is 6.18. The molecule has 0 aliphatic carbocycles. The molecule has 0 saturated heterocycles.